The average molecular weight is 414 g/mol. The summed E-state index contributed by atoms with van der Waals surface area (Å²) in [6.07, 6.45) is 5.44. The van der Waals surface area contributed by atoms with Gasteiger partial charge in [-0.2, -0.15) is 0 Å². The highest BCUT2D eigenvalue weighted by atomic mass is 32.1. The Kier molecular flexibility index (Phi) is 5.93. The molecule has 0 aromatic carbocycles. The monoisotopic (exact) mass is 413 g/mol. The number of carbonyl (C=O) groups excluding carboxylic acids is 1. The number of aromatic nitrogens is 1. The van der Waals surface area contributed by atoms with Crippen LogP contribution in [0.15, 0.2) is 10.9 Å². The number of hydrogen-bond acceptors (Lipinski definition) is 4. The molecule has 29 heavy (non-hydrogen) atoms. The number of aryl methyl sites for hydroxylation is 3. The zero-order valence-corrected chi connectivity index (χ0v) is 18.5. The highest BCUT2D eigenvalue weighted by Crippen LogP contribution is 2.35. The fourth-order valence-electron chi connectivity index (χ4n) is 4.73. The second-order valence-corrected chi connectivity index (χ2v) is 9.81. The van der Waals surface area contributed by atoms with E-state index in [1.54, 1.807) is 0 Å². The molecule has 0 saturated carbocycles. The van der Waals surface area contributed by atoms with Crippen LogP contribution in [0.25, 0.3) is 0 Å². The third-order valence-electron chi connectivity index (χ3n) is 6.43. The Morgan fingerprint density at radius 2 is 1.93 bits per heavy atom. The van der Waals surface area contributed by atoms with E-state index < -0.39 is 0 Å². The summed E-state index contributed by atoms with van der Waals surface area (Å²) >= 11 is 1.85. The van der Waals surface area contributed by atoms with E-state index in [9.17, 15) is 9.59 Å². The van der Waals surface area contributed by atoms with Crippen molar-refractivity contribution < 1.29 is 4.79 Å². The zero-order chi connectivity index (χ0) is 20.5. The van der Waals surface area contributed by atoms with Crippen molar-refractivity contribution >= 4 is 17.2 Å². The summed E-state index contributed by atoms with van der Waals surface area (Å²) in [5.74, 6) is 0.819. The third-order valence-corrected chi connectivity index (χ3v) is 7.80. The molecule has 2 N–H and O–H groups in total. The van der Waals surface area contributed by atoms with Gasteiger partial charge in [-0.3, -0.25) is 9.59 Å². The number of nitrogens with zero attached hydrogens (tertiary/aromatic N) is 1. The maximum Gasteiger partial charge on any atom is 0.255 e. The summed E-state index contributed by atoms with van der Waals surface area (Å²) in [7, 11) is 0. The first kappa shape index (κ1) is 20.4. The molecule has 0 aliphatic carbocycles. The molecule has 2 aliphatic heterocycles. The van der Waals surface area contributed by atoms with Crippen LogP contribution in [-0.2, 0) is 19.4 Å². The molecular weight excluding hydrogens is 382 g/mol. The number of carbonyl (C=O) groups is 1. The highest BCUT2D eigenvalue weighted by molar-refractivity contribution is 7.12. The molecular formula is C23H31N3O2S. The minimum atomic E-state index is -0.0755. The zero-order valence-electron chi connectivity index (χ0n) is 17.7. The molecule has 6 heteroatoms. The van der Waals surface area contributed by atoms with E-state index in [0.29, 0.717) is 18.7 Å². The topological polar surface area (TPSA) is 65.2 Å². The fourth-order valence-corrected chi connectivity index (χ4v) is 6.19. The van der Waals surface area contributed by atoms with Crippen LogP contribution in [0.3, 0.4) is 0 Å². The summed E-state index contributed by atoms with van der Waals surface area (Å²) in [6, 6.07) is 1.98. The lowest BCUT2D eigenvalue weighted by molar-refractivity contribution is 0.0747. The molecule has 2 aromatic heterocycles. The predicted octanol–water partition coefficient (Wildman–Crippen LogP) is 3.49. The first-order chi connectivity index (χ1) is 13.9. The first-order valence-corrected chi connectivity index (χ1v) is 11.6. The molecule has 2 aromatic rings. The molecule has 1 saturated heterocycles. The Balaban J connectivity index is 1.59. The lowest BCUT2D eigenvalue weighted by Gasteiger charge is -2.23. The van der Waals surface area contributed by atoms with E-state index in [4.69, 9.17) is 0 Å². The van der Waals surface area contributed by atoms with E-state index in [1.807, 2.05) is 36.2 Å². The number of piperidine rings is 1. The summed E-state index contributed by atoms with van der Waals surface area (Å²) in [4.78, 5) is 33.3. The van der Waals surface area contributed by atoms with E-state index in [2.05, 4.69) is 17.2 Å². The van der Waals surface area contributed by atoms with Gasteiger partial charge in [0.15, 0.2) is 0 Å². The number of fused-ring (bicyclic) bond motifs is 1. The molecule has 4 heterocycles. The van der Waals surface area contributed by atoms with Gasteiger partial charge in [-0.15, -0.1) is 11.3 Å². The SMILES string of the molecule is Cc1cc(C)c(CN2CCCc3sc(CC4CCNCC4)c(C)c3C2=O)c(=O)[nH]1. The van der Waals surface area contributed by atoms with E-state index in [1.165, 1.54) is 28.2 Å². The van der Waals surface area contributed by atoms with Crippen molar-refractivity contribution in [2.75, 3.05) is 19.6 Å². The molecule has 0 atom stereocenters. The van der Waals surface area contributed by atoms with Crippen LogP contribution in [0.1, 0.15) is 61.8 Å². The number of aromatic amines is 1. The van der Waals surface area contributed by atoms with Crippen molar-refractivity contribution in [3.8, 4) is 0 Å². The summed E-state index contributed by atoms with van der Waals surface area (Å²) in [5.41, 5.74) is 4.53. The summed E-state index contributed by atoms with van der Waals surface area (Å²) in [6.45, 7) is 9.27. The van der Waals surface area contributed by atoms with Gasteiger partial charge < -0.3 is 15.2 Å². The normalized spacial score (nSPS) is 18.0. The van der Waals surface area contributed by atoms with Gasteiger partial charge in [-0.05, 0) is 89.1 Å². The third kappa shape index (κ3) is 4.19. The Bertz CT molecular complexity index is 969. The van der Waals surface area contributed by atoms with Crippen molar-refractivity contribution in [1.82, 2.24) is 15.2 Å². The molecule has 156 valence electrons. The van der Waals surface area contributed by atoms with Crippen LogP contribution in [0.2, 0.25) is 0 Å². The molecule has 1 fully saturated rings. The van der Waals surface area contributed by atoms with Crippen LogP contribution < -0.4 is 10.9 Å². The minimum Gasteiger partial charge on any atom is -0.334 e. The quantitative estimate of drug-likeness (QED) is 0.806. The fraction of sp³-hybridized carbons (Fsp3) is 0.565. The number of nitrogens with one attached hydrogen (secondary N) is 2. The Hall–Kier alpha value is -1.92. The second-order valence-electron chi connectivity index (χ2n) is 8.62. The number of amides is 1. The molecule has 4 rings (SSSR count). The average Bonchev–Trinajstić information content (AvgIpc) is 2.89. The van der Waals surface area contributed by atoms with Crippen molar-refractivity contribution in [1.29, 1.82) is 0 Å². The van der Waals surface area contributed by atoms with Gasteiger partial charge in [0.2, 0.25) is 0 Å². The number of hydrogen-bond donors (Lipinski definition) is 2. The van der Waals surface area contributed by atoms with Crippen molar-refractivity contribution in [3.05, 3.63) is 54.1 Å². The maximum atomic E-state index is 13.5. The summed E-state index contributed by atoms with van der Waals surface area (Å²) in [5, 5.41) is 3.44. The van der Waals surface area contributed by atoms with E-state index in [-0.39, 0.29) is 11.5 Å². The van der Waals surface area contributed by atoms with Gasteiger partial charge in [0.25, 0.3) is 11.5 Å². The molecule has 2 aliphatic rings. The molecule has 0 bridgehead atoms. The molecule has 0 radical (unpaired) electrons. The van der Waals surface area contributed by atoms with Gasteiger partial charge in [-0.25, -0.2) is 0 Å². The lowest BCUT2D eigenvalue weighted by Crippen LogP contribution is -2.33. The van der Waals surface area contributed by atoms with Crippen LogP contribution in [0.4, 0.5) is 0 Å². The van der Waals surface area contributed by atoms with E-state index in [0.717, 1.165) is 55.1 Å². The van der Waals surface area contributed by atoms with E-state index >= 15 is 0 Å². The maximum absolute atomic E-state index is 13.5. The molecule has 0 spiro atoms. The van der Waals surface area contributed by atoms with Gasteiger partial charge >= 0.3 is 0 Å². The lowest BCUT2D eigenvalue weighted by atomic mass is 9.92. The predicted molar refractivity (Wildman–Crippen MR) is 118 cm³/mol. The van der Waals surface area contributed by atoms with Crippen molar-refractivity contribution in [2.24, 2.45) is 5.92 Å². The van der Waals surface area contributed by atoms with Gasteiger partial charge in [0.05, 0.1) is 12.1 Å². The molecule has 5 nitrogen and oxygen atoms in total. The molecule has 1 amide bonds. The Morgan fingerprint density at radius 3 is 2.66 bits per heavy atom. The van der Waals surface area contributed by atoms with Gasteiger partial charge in [0, 0.05) is 27.6 Å². The van der Waals surface area contributed by atoms with Crippen molar-refractivity contribution in [3.63, 3.8) is 0 Å². The number of rotatable bonds is 4. The van der Waals surface area contributed by atoms with Crippen LogP contribution in [0.5, 0.6) is 0 Å². The summed E-state index contributed by atoms with van der Waals surface area (Å²) < 4.78 is 0. The smallest absolute Gasteiger partial charge is 0.255 e. The number of H-pyrrole nitrogens is 1. The largest absolute Gasteiger partial charge is 0.334 e. The van der Waals surface area contributed by atoms with Crippen LogP contribution >= 0.6 is 11.3 Å². The standard InChI is InChI=1S/C23H31N3O2S/c1-14-11-15(2)25-22(27)18(14)13-26-10-4-5-19-21(23(26)28)16(3)20(29-19)12-17-6-8-24-9-7-17/h11,17,24H,4-10,12-13H2,1-3H3,(H,25,27). The van der Waals surface area contributed by atoms with Crippen molar-refractivity contribution in [2.45, 2.75) is 59.4 Å². The van der Waals surface area contributed by atoms with Crippen LogP contribution in [-0.4, -0.2) is 35.4 Å². The highest BCUT2D eigenvalue weighted by Gasteiger charge is 2.29. The Morgan fingerprint density at radius 1 is 1.17 bits per heavy atom. The van der Waals surface area contributed by atoms with Crippen LogP contribution in [0, 0.1) is 26.7 Å². The first-order valence-electron chi connectivity index (χ1n) is 10.7. The Labute approximate surface area is 176 Å². The second kappa shape index (κ2) is 8.44. The molecule has 0 unspecified atom stereocenters. The van der Waals surface area contributed by atoms with Gasteiger partial charge in [-0.1, -0.05) is 0 Å². The minimum absolute atomic E-state index is 0.0755. The number of pyridine rings is 1. The number of thiophene rings is 1. The van der Waals surface area contributed by atoms with Gasteiger partial charge in [0.1, 0.15) is 0 Å².